The number of nitrogens with two attached hydrogens (primary N) is 1. The zero-order valence-electron chi connectivity index (χ0n) is 11.1. The average molecular weight is 268 g/mol. The van der Waals surface area contributed by atoms with Gasteiger partial charge in [-0.25, -0.2) is 0 Å². The molecular formula is C13H20N2O2S. The Morgan fingerprint density at radius 2 is 2.22 bits per heavy atom. The van der Waals surface area contributed by atoms with Crippen molar-refractivity contribution in [3.05, 3.63) is 4.88 Å². The maximum Gasteiger partial charge on any atom is 0.177 e. The lowest BCUT2D eigenvalue weighted by Crippen LogP contribution is -2.07. The van der Waals surface area contributed by atoms with Crippen LogP contribution in [0.2, 0.25) is 0 Å². The maximum absolute atomic E-state index is 12.0. The second-order valence-electron chi connectivity index (χ2n) is 5.05. The molecule has 0 saturated heterocycles. The van der Waals surface area contributed by atoms with Crippen LogP contribution in [0.3, 0.4) is 0 Å². The number of nitrogens with one attached hydrogen (secondary N) is 1. The largest absolute Gasteiger partial charge is 0.492 e. The van der Waals surface area contributed by atoms with Gasteiger partial charge in [-0.15, -0.1) is 11.3 Å². The molecule has 3 N–H and O–H groups in total. The highest BCUT2D eigenvalue weighted by molar-refractivity contribution is 7.19. The van der Waals surface area contributed by atoms with Crippen molar-refractivity contribution in [2.75, 3.05) is 24.7 Å². The molecule has 0 amide bonds. The third kappa shape index (κ3) is 2.61. The summed E-state index contributed by atoms with van der Waals surface area (Å²) < 4.78 is 5.31. The minimum Gasteiger partial charge on any atom is -0.492 e. The summed E-state index contributed by atoms with van der Waals surface area (Å²) >= 11 is 1.41. The number of rotatable bonds is 6. The van der Waals surface area contributed by atoms with Crippen molar-refractivity contribution in [3.8, 4) is 5.75 Å². The molecule has 100 valence electrons. The number of carbonyl (C=O) groups is 1. The van der Waals surface area contributed by atoms with Crippen LogP contribution in [0.25, 0.3) is 0 Å². The van der Waals surface area contributed by atoms with Crippen molar-refractivity contribution in [2.45, 2.75) is 26.7 Å². The number of ketones is 1. The number of thiophene rings is 1. The van der Waals surface area contributed by atoms with Gasteiger partial charge in [0.05, 0.1) is 17.7 Å². The quantitative estimate of drug-likeness (QED) is 0.778. The number of methoxy groups -OCH3 is 1. The summed E-state index contributed by atoms with van der Waals surface area (Å²) in [6.45, 7) is 4.70. The molecule has 18 heavy (non-hydrogen) atoms. The lowest BCUT2D eigenvalue weighted by molar-refractivity contribution is 0.0944. The zero-order chi connectivity index (χ0) is 13.3. The fraction of sp³-hybridized carbons (Fsp3) is 0.615. The first-order valence-electron chi connectivity index (χ1n) is 6.29. The first kappa shape index (κ1) is 13.2. The van der Waals surface area contributed by atoms with Crippen molar-refractivity contribution in [3.63, 3.8) is 0 Å². The standard InChI is InChI=1S/C13H20N2O2S/c1-7(2)10(16)12-9(14)11(17-3)13(18-12)15-6-8-4-5-8/h7-8,15H,4-6,14H2,1-3H3. The van der Waals surface area contributed by atoms with Crippen molar-refractivity contribution in [1.82, 2.24) is 0 Å². The first-order valence-corrected chi connectivity index (χ1v) is 7.10. The summed E-state index contributed by atoms with van der Waals surface area (Å²) in [6.07, 6.45) is 2.57. The van der Waals surface area contributed by atoms with Gasteiger partial charge < -0.3 is 15.8 Å². The van der Waals surface area contributed by atoms with Crippen LogP contribution in [0, 0.1) is 11.8 Å². The first-order chi connectivity index (χ1) is 8.54. The molecule has 0 bridgehead atoms. The minimum atomic E-state index is -0.0491. The van der Waals surface area contributed by atoms with Gasteiger partial charge >= 0.3 is 0 Å². The summed E-state index contributed by atoms with van der Waals surface area (Å²) in [7, 11) is 1.59. The Labute approximate surface area is 112 Å². The predicted octanol–water partition coefficient (Wildman–Crippen LogP) is 3.00. The highest BCUT2D eigenvalue weighted by atomic mass is 32.1. The average Bonchev–Trinajstić information content (AvgIpc) is 3.10. The molecule has 0 radical (unpaired) electrons. The smallest absolute Gasteiger partial charge is 0.177 e. The topological polar surface area (TPSA) is 64.3 Å². The summed E-state index contributed by atoms with van der Waals surface area (Å²) in [6, 6.07) is 0. The van der Waals surface area contributed by atoms with Crippen LogP contribution in [0.15, 0.2) is 0 Å². The second kappa shape index (κ2) is 5.18. The third-order valence-corrected chi connectivity index (χ3v) is 4.26. The molecule has 4 nitrogen and oxygen atoms in total. The van der Waals surface area contributed by atoms with E-state index < -0.39 is 0 Å². The zero-order valence-corrected chi connectivity index (χ0v) is 11.9. The summed E-state index contributed by atoms with van der Waals surface area (Å²) in [5.74, 6) is 1.41. The van der Waals surface area contributed by atoms with E-state index in [-0.39, 0.29) is 11.7 Å². The van der Waals surface area contributed by atoms with Gasteiger partial charge in [-0.2, -0.15) is 0 Å². The van der Waals surface area contributed by atoms with Gasteiger partial charge in [0.25, 0.3) is 0 Å². The molecular weight excluding hydrogens is 248 g/mol. The van der Waals surface area contributed by atoms with E-state index in [2.05, 4.69) is 5.32 Å². The monoisotopic (exact) mass is 268 g/mol. The number of hydrogen-bond acceptors (Lipinski definition) is 5. The summed E-state index contributed by atoms with van der Waals surface area (Å²) in [5.41, 5.74) is 6.47. The van der Waals surface area contributed by atoms with Gasteiger partial charge in [-0.05, 0) is 18.8 Å². The maximum atomic E-state index is 12.0. The molecule has 5 heteroatoms. The normalized spacial score (nSPS) is 14.9. The number of Topliss-reactive ketones (excluding diaryl/α,β-unsaturated/α-hetero) is 1. The molecule has 1 saturated carbocycles. The Morgan fingerprint density at radius 1 is 1.56 bits per heavy atom. The van der Waals surface area contributed by atoms with Gasteiger partial charge in [-0.1, -0.05) is 13.8 Å². The van der Waals surface area contributed by atoms with E-state index in [0.717, 1.165) is 17.5 Å². The highest BCUT2D eigenvalue weighted by Crippen LogP contribution is 2.44. The van der Waals surface area contributed by atoms with Crippen LogP contribution in [0.1, 0.15) is 36.4 Å². The van der Waals surface area contributed by atoms with E-state index in [1.807, 2.05) is 13.8 Å². The van der Waals surface area contributed by atoms with Crippen LogP contribution in [-0.4, -0.2) is 19.4 Å². The van der Waals surface area contributed by atoms with Gasteiger partial charge in [0, 0.05) is 12.5 Å². The van der Waals surface area contributed by atoms with E-state index >= 15 is 0 Å². The van der Waals surface area contributed by atoms with E-state index in [1.54, 1.807) is 7.11 Å². The third-order valence-electron chi connectivity index (χ3n) is 3.10. The van der Waals surface area contributed by atoms with Crippen molar-refractivity contribution in [1.29, 1.82) is 0 Å². The Balaban J connectivity index is 2.22. The number of carbonyl (C=O) groups excluding carboxylic acids is 1. The highest BCUT2D eigenvalue weighted by Gasteiger charge is 2.25. The number of anilines is 2. The minimum absolute atomic E-state index is 0.0491. The lowest BCUT2D eigenvalue weighted by atomic mass is 10.1. The molecule has 1 heterocycles. The van der Waals surface area contributed by atoms with Gasteiger partial charge in [0.2, 0.25) is 0 Å². The Kier molecular flexibility index (Phi) is 3.80. The SMILES string of the molecule is COc1c(NCC2CC2)sc(C(=O)C(C)C)c1N. The molecule has 0 aliphatic heterocycles. The van der Waals surface area contributed by atoms with Gasteiger partial charge in [-0.3, -0.25) is 4.79 Å². The fourth-order valence-corrected chi connectivity index (χ4v) is 2.94. The number of ether oxygens (including phenoxy) is 1. The van der Waals surface area contributed by atoms with E-state index in [9.17, 15) is 4.79 Å². The molecule has 1 aromatic rings. The second-order valence-corrected chi connectivity index (χ2v) is 6.07. The van der Waals surface area contributed by atoms with Crippen LogP contribution < -0.4 is 15.8 Å². The number of nitrogen functional groups attached to an aromatic ring is 1. The predicted molar refractivity (Wildman–Crippen MR) is 75.7 cm³/mol. The number of hydrogen-bond donors (Lipinski definition) is 2. The molecule has 0 aromatic carbocycles. The van der Waals surface area contributed by atoms with Crippen LogP contribution >= 0.6 is 11.3 Å². The van der Waals surface area contributed by atoms with Crippen molar-refractivity contribution in [2.24, 2.45) is 11.8 Å². The molecule has 0 atom stereocenters. The molecule has 0 spiro atoms. The molecule has 0 unspecified atom stereocenters. The summed E-state index contributed by atoms with van der Waals surface area (Å²) in [4.78, 5) is 12.7. The summed E-state index contributed by atoms with van der Waals surface area (Å²) in [5, 5.41) is 4.22. The van der Waals surface area contributed by atoms with Crippen LogP contribution in [-0.2, 0) is 0 Å². The Hall–Kier alpha value is -1.23. The van der Waals surface area contributed by atoms with Crippen LogP contribution in [0.4, 0.5) is 10.7 Å². The molecule has 1 aliphatic rings. The van der Waals surface area contributed by atoms with Crippen LogP contribution in [0.5, 0.6) is 5.75 Å². The van der Waals surface area contributed by atoms with Crippen molar-refractivity contribution >= 4 is 27.8 Å². The van der Waals surface area contributed by atoms with E-state index in [4.69, 9.17) is 10.5 Å². The van der Waals surface area contributed by atoms with Gasteiger partial charge in [0.1, 0.15) is 5.00 Å². The van der Waals surface area contributed by atoms with Crippen molar-refractivity contribution < 1.29 is 9.53 Å². The molecule has 1 aromatic heterocycles. The lowest BCUT2D eigenvalue weighted by Gasteiger charge is -2.05. The Morgan fingerprint density at radius 3 is 2.72 bits per heavy atom. The van der Waals surface area contributed by atoms with E-state index in [0.29, 0.717) is 16.3 Å². The molecule has 1 aliphatic carbocycles. The van der Waals surface area contributed by atoms with E-state index in [1.165, 1.54) is 24.2 Å². The van der Waals surface area contributed by atoms with Gasteiger partial charge in [0.15, 0.2) is 11.5 Å². The Bertz CT molecular complexity index is 450. The fourth-order valence-electron chi connectivity index (χ4n) is 1.75. The molecule has 1 fully saturated rings. The molecule has 2 rings (SSSR count).